The van der Waals surface area contributed by atoms with Crippen LogP contribution in [-0.4, -0.2) is 51.3 Å². The average Bonchev–Trinajstić information content (AvgIpc) is 3.40. The first-order chi connectivity index (χ1) is 19.3. The van der Waals surface area contributed by atoms with Crippen molar-refractivity contribution in [3.05, 3.63) is 76.1 Å². The van der Waals surface area contributed by atoms with Crippen molar-refractivity contribution < 1.29 is 36.6 Å². The van der Waals surface area contributed by atoms with Crippen LogP contribution in [0.1, 0.15) is 29.1 Å². The van der Waals surface area contributed by atoms with Crippen LogP contribution in [0.3, 0.4) is 0 Å². The highest BCUT2D eigenvalue weighted by molar-refractivity contribution is 7.67. The van der Waals surface area contributed by atoms with Gasteiger partial charge in [-0.2, -0.15) is 4.28 Å². The summed E-state index contributed by atoms with van der Waals surface area (Å²) in [5.74, 6) is -0.213. The molecule has 0 unspecified atom stereocenters. The van der Waals surface area contributed by atoms with Crippen LogP contribution in [0.5, 0.6) is 0 Å². The molecule has 13 nitrogen and oxygen atoms in total. The molecule has 0 fully saturated rings. The van der Waals surface area contributed by atoms with Gasteiger partial charge in [-0.05, 0) is 36.6 Å². The third-order valence-electron chi connectivity index (χ3n) is 5.35. The number of carbonyl (C=O) groups excluding carboxylic acids is 3. The highest BCUT2D eigenvalue weighted by Gasteiger charge is 2.26. The lowest BCUT2D eigenvalue weighted by atomic mass is 10.0. The van der Waals surface area contributed by atoms with E-state index in [4.69, 9.17) is 9.47 Å². The number of rotatable bonds is 13. The Balaban J connectivity index is 1.83. The molecule has 3 rings (SSSR count). The van der Waals surface area contributed by atoms with E-state index in [0.29, 0.717) is 10.7 Å². The fourth-order valence-corrected chi connectivity index (χ4v) is 4.53. The second kappa shape index (κ2) is 15.4. The third kappa shape index (κ3) is 9.83. The van der Waals surface area contributed by atoms with Gasteiger partial charge in [0.2, 0.25) is 5.91 Å². The molecule has 0 saturated heterocycles. The fourth-order valence-electron chi connectivity index (χ4n) is 3.54. The van der Waals surface area contributed by atoms with E-state index in [1.807, 2.05) is 30.3 Å². The molecule has 2 atom stereocenters. The summed E-state index contributed by atoms with van der Waals surface area (Å²) in [5.41, 5.74) is 4.31. The molecule has 15 heteroatoms. The van der Waals surface area contributed by atoms with Crippen LogP contribution in [0.2, 0.25) is 0 Å². The lowest BCUT2D eigenvalue weighted by Gasteiger charge is -2.22. The van der Waals surface area contributed by atoms with Crippen molar-refractivity contribution in [3.8, 4) is 0 Å². The van der Waals surface area contributed by atoms with Crippen LogP contribution in [0.25, 0.3) is 0 Å². The minimum absolute atomic E-state index is 0.193. The summed E-state index contributed by atoms with van der Waals surface area (Å²) in [4.78, 5) is 41.8. The van der Waals surface area contributed by atoms with Crippen LogP contribution in [0.4, 0.5) is 21.1 Å². The summed E-state index contributed by atoms with van der Waals surface area (Å²) in [5, 5.41) is 10.2. The van der Waals surface area contributed by atoms with Crippen LogP contribution in [0, 0.1) is 0 Å². The Kier molecular flexibility index (Phi) is 11.7. The number of benzene rings is 2. The number of hydrogen-bond donors (Lipinski definition) is 5. The third-order valence-corrected chi connectivity index (χ3v) is 6.55. The van der Waals surface area contributed by atoms with E-state index in [1.54, 1.807) is 36.6 Å². The van der Waals surface area contributed by atoms with Crippen molar-refractivity contribution in [2.24, 2.45) is 0 Å². The van der Waals surface area contributed by atoms with E-state index in [9.17, 15) is 22.8 Å². The molecule has 1 heterocycles. The van der Waals surface area contributed by atoms with Crippen molar-refractivity contribution >= 4 is 51.9 Å². The minimum atomic E-state index is -3.07. The van der Waals surface area contributed by atoms with E-state index < -0.39 is 41.2 Å². The van der Waals surface area contributed by atoms with Crippen molar-refractivity contribution in [1.29, 1.82) is 0 Å². The first-order valence-corrected chi connectivity index (χ1v) is 14.0. The summed E-state index contributed by atoms with van der Waals surface area (Å²) in [6.45, 7) is 1.87. The second-order valence-electron chi connectivity index (χ2n) is 8.17. The van der Waals surface area contributed by atoms with Crippen LogP contribution < -0.4 is 21.4 Å². The second-order valence-corrected chi connectivity index (χ2v) is 9.69. The quantitative estimate of drug-likeness (QED) is 0.147. The maximum atomic E-state index is 13.5. The zero-order valence-corrected chi connectivity index (χ0v) is 23.3. The zero-order chi connectivity index (χ0) is 28.9. The zero-order valence-electron chi connectivity index (χ0n) is 21.6. The van der Waals surface area contributed by atoms with Crippen LogP contribution in [0.15, 0.2) is 60.0 Å². The first-order valence-electron chi connectivity index (χ1n) is 12.0. The number of carbonyl (C=O) groups is 3. The Bertz CT molecular complexity index is 1340. The Morgan fingerprint density at radius 1 is 0.950 bits per heavy atom. The number of anilines is 2. The Labute approximate surface area is 236 Å². The van der Waals surface area contributed by atoms with E-state index in [2.05, 4.69) is 30.7 Å². The van der Waals surface area contributed by atoms with E-state index in [0.717, 1.165) is 11.1 Å². The molecule has 4 N–H and O–H groups in total. The Morgan fingerprint density at radius 3 is 2.30 bits per heavy atom. The van der Waals surface area contributed by atoms with Crippen LogP contribution >= 0.6 is 11.3 Å². The molecule has 0 aliphatic heterocycles. The molecular weight excluding hydrogens is 562 g/mol. The maximum Gasteiger partial charge on any atom is 0.412 e. The van der Waals surface area contributed by atoms with Crippen molar-refractivity contribution in [2.45, 2.75) is 31.8 Å². The minimum Gasteiger partial charge on any atom is -0.453 e. The number of nitrogens with one attached hydrogen (secondary N) is 4. The number of thiol groups is 1. The number of aromatic nitrogens is 1. The monoisotopic (exact) mass is 591 g/mol. The predicted molar refractivity (Wildman–Crippen MR) is 148 cm³/mol. The van der Waals surface area contributed by atoms with Gasteiger partial charge in [-0.3, -0.25) is 10.1 Å². The van der Waals surface area contributed by atoms with Gasteiger partial charge in [0.05, 0.1) is 25.4 Å². The standard InChI is InChI=1S/C25H29N5O8S2/c1-3-37-25(33)29-21-15-39-23(28-21)20(14-17-9-11-18(12-10-17)30-38-40(34)35)26-22(31)19(27-24(32)36-2)13-16-7-5-4-6-8-16/h4-12,15,19-20,30,40H,3,13-14H2,1-2H3,(H,26,31)(H,27,32)(H,29,33)/t19-,20-/m0/s1. The Morgan fingerprint density at radius 2 is 1.65 bits per heavy atom. The maximum absolute atomic E-state index is 13.5. The molecular formula is C25H29N5O8S2. The number of methoxy groups -OCH3 is 1. The molecule has 1 aromatic heterocycles. The lowest BCUT2D eigenvalue weighted by molar-refractivity contribution is -0.123. The van der Waals surface area contributed by atoms with Gasteiger partial charge in [0.15, 0.2) is 0 Å². The molecule has 3 aromatic rings. The largest absolute Gasteiger partial charge is 0.453 e. The van der Waals surface area contributed by atoms with E-state index in [-0.39, 0.29) is 25.3 Å². The SMILES string of the molecule is CCOC(=O)Nc1csc([C@H](Cc2ccc(NO[SH](=O)=O)cc2)NC(=O)[C@H](Cc2ccccc2)NC(=O)OC)n1. The molecule has 40 heavy (non-hydrogen) atoms. The van der Waals surface area contributed by atoms with Crippen molar-refractivity contribution in [3.63, 3.8) is 0 Å². The molecule has 2 aromatic carbocycles. The van der Waals surface area contributed by atoms with Crippen LogP contribution in [-0.2, 0) is 42.4 Å². The molecule has 0 saturated carbocycles. The number of alkyl carbamates (subject to hydrolysis) is 1. The van der Waals surface area contributed by atoms with Gasteiger partial charge >= 0.3 is 12.2 Å². The number of amides is 3. The molecule has 0 bridgehead atoms. The smallest absolute Gasteiger partial charge is 0.412 e. The summed E-state index contributed by atoms with van der Waals surface area (Å²) in [6.07, 6.45) is -0.918. The normalized spacial score (nSPS) is 12.2. The van der Waals surface area contributed by atoms with Gasteiger partial charge in [0.25, 0.3) is 11.0 Å². The molecule has 0 spiro atoms. The average molecular weight is 592 g/mol. The van der Waals surface area contributed by atoms with Gasteiger partial charge in [-0.25, -0.2) is 28.5 Å². The fraction of sp³-hybridized carbons (Fsp3) is 0.280. The molecule has 214 valence electrons. The van der Waals surface area contributed by atoms with Gasteiger partial charge < -0.3 is 20.1 Å². The van der Waals surface area contributed by atoms with Gasteiger partial charge in [-0.15, -0.1) is 11.3 Å². The van der Waals surface area contributed by atoms with Gasteiger partial charge in [0.1, 0.15) is 16.9 Å². The first kappa shape index (κ1) is 30.3. The molecule has 0 aliphatic rings. The van der Waals surface area contributed by atoms with Gasteiger partial charge in [-0.1, -0.05) is 42.5 Å². The predicted octanol–water partition coefficient (Wildman–Crippen LogP) is 2.95. The lowest BCUT2D eigenvalue weighted by Crippen LogP contribution is -2.49. The van der Waals surface area contributed by atoms with Gasteiger partial charge in [0, 0.05) is 11.8 Å². The highest BCUT2D eigenvalue weighted by atomic mass is 32.2. The number of thiazole rings is 1. The summed E-state index contributed by atoms with van der Waals surface area (Å²) >= 11 is 1.22. The molecule has 0 radical (unpaired) electrons. The van der Waals surface area contributed by atoms with Crippen molar-refractivity contribution in [1.82, 2.24) is 15.6 Å². The topological polar surface area (TPSA) is 174 Å². The highest BCUT2D eigenvalue weighted by Crippen LogP contribution is 2.25. The number of hydrogen-bond acceptors (Lipinski definition) is 11. The Hall–Kier alpha value is -4.21. The summed E-state index contributed by atoms with van der Waals surface area (Å²) in [6, 6.07) is 14.3. The van der Waals surface area contributed by atoms with E-state index >= 15 is 0 Å². The number of nitrogens with zero attached hydrogens (tertiary/aromatic N) is 1. The molecule has 3 amide bonds. The summed E-state index contributed by atoms with van der Waals surface area (Å²) in [7, 11) is -1.86. The number of ether oxygens (including phenoxy) is 2. The van der Waals surface area contributed by atoms with E-state index in [1.165, 1.54) is 18.4 Å². The summed E-state index contributed by atoms with van der Waals surface area (Å²) < 4.78 is 35.3. The van der Waals surface area contributed by atoms with Crippen molar-refractivity contribution in [2.75, 3.05) is 24.5 Å². The molecule has 0 aliphatic carbocycles.